The summed E-state index contributed by atoms with van der Waals surface area (Å²) in [7, 11) is 0. The number of carboxylic acids is 1. The fourth-order valence-corrected chi connectivity index (χ4v) is 6.06. The van der Waals surface area contributed by atoms with Gasteiger partial charge in [0.25, 0.3) is 5.91 Å². The number of hydrogen-bond donors (Lipinski definition) is 3. The number of carbonyl (C=O) groups is 4. The van der Waals surface area contributed by atoms with Gasteiger partial charge in [-0.15, -0.1) is 0 Å². The van der Waals surface area contributed by atoms with Crippen molar-refractivity contribution in [3.63, 3.8) is 0 Å². The molecule has 0 aromatic heterocycles. The van der Waals surface area contributed by atoms with Gasteiger partial charge in [-0.1, -0.05) is 0 Å². The molecule has 1 amide bonds. The van der Waals surface area contributed by atoms with Crippen LogP contribution in [0.15, 0.2) is 0 Å². The summed E-state index contributed by atoms with van der Waals surface area (Å²) in [6, 6.07) is 0. The Hall–Kier alpha value is -0.620. The molecule has 0 fully saturated rings. The van der Waals surface area contributed by atoms with Crippen LogP contribution in [0.2, 0.25) is 0 Å². The van der Waals surface area contributed by atoms with E-state index in [0.29, 0.717) is 7.14 Å². The molecule has 0 bridgehead atoms. The highest BCUT2D eigenvalue weighted by Gasteiger charge is 2.27. The molecule has 156 valence electrons. The van der Waals surface area contributed by atoms with Crippen LogP contribution in [-0.2, 0) is 19.1 Å². The largest absolute Gasteiger partial charge is 1.00 e. The zero-order chi connectivity index (χ0) is 20.9. The Kier molecular flexibility index (Phi) is 11.9. The molecule has 0 saturated carbocycles. The Balaban J connectivity index is 0.00000729. The summed E-state index contributed by atoms with van der Waals surface area (Å²) in [5.41, 5.74) is 6.18. The second-order valence-electron chi connectivity index (χ2n) is 5.15. The zero-order valence-corrected chi connectivity index (χ0v) is 21.7. The standard InChI is InChI=1S/C15H15I3N2O7.ClH/c1-5(21)26-4-7(27-6(2)22)3-20-14(23)8-10(16)9(15(24)25)12(18)13(19)11(8)17;/h7H,3-4,19H2,1-2H3,(H,20,23)(H,24,25);1H/p-1. The number of benzene rings is 1. The van der Waals surface area contributed by atoms with Gasteiger partial charge in [-0.05, 0) is 67.8 Å². The fourth-order valence-electron chi connectivity index (χ4n) is 1.95. The molecule has 1 unspecified atom stereocenters. The number of halogens is 4. The first-order valence-corrected chi connectivity index (χ1v) is 10.5. The van der Waals surface area contributed by atoms with Crippen LogP contribution in [-0.4, -0.2) is 48.2 Å². The van der Waals surface area contributed by atoms with Gasteiger partial charge in [0.15, 0.2) is 6.10 Å². The van der Waals surface area contributed by atoms with Crippen LogP contribution in [0.5, 0.6) is 0 Å². The van der Waals surface area contributed by atoms with Crippen LogP contribution in [0.1, 0.15) is 34.6 Å². The molecule has 28 heavy (non-hydrogen) atoms. The van der Waals surface area contributed by atoms with Crippen molar-refractivity contribution < 1.29 is 46.2 Å². The molecule has 0 radical (unpaired) electrons. The SMILES string of the molecule is CC(=O)OCC(CNC(=O)c1c(I)c(N)c(I)c(C(=O)O)c1I)OC(C)=O.[Cl-]. The summed E-state index contributed by atoms with van der Waals surface area (Å²) in [6.45, 7) is 2.04. The van der Waals surface area contributed by atoms with Gasteiger partial charge < -0.3 is 38.0 Å². The number of esters is 2. The third-order valence-corrected chi connectivity index (χ3v) is 6.41. The maximum atomic E-state index is 12.6. The number of nitrogens with one attached hydrogen (secondary N) is 1. The van der Waals surface area contributed by atoms with E-state index in [1.165, 1.54) is 13.8 Å². The van der Waals surface area contributed by atoms with E-state index in [2.05, 4.69) is 5.32 Å². The lowest BCUT2D eigenvalue weighted by Crippen LogP contribution is -3.00. The summed E-state index contributed by atoms with van der Waals surface area (Å²) in [5.74, 6) is -2.95. The average molecular weight is 751 g/mol. The number of ether oxygens (including phenoxy) is 2. The highest BCUT2D eigenvalue weighted by atomic mass is 127. The van der Waals surface area contributed by atoms with Gasteiger partial charge in [0.05, 0.1) is 30.5 Å². The predicted octanol–water partition coefficient (Wildman–Crippen LogP) is -0.991. The predicted molar refractivity (Wildman–Crippen MR) is 120 cm³/mol. The summed E-state index contributed by atoms with van der Waals surface area (Å²) >= 11 is 5.47. The number of nitrogens with two attached hydrogens (primary N) is 1. The Bertz CT molecular complexity index is 805. The van der Waals surface area contributed by atoms with E-state index in [4.69, 9.17) is 15.2 Å². The molecule has 0 aliphatic heterocycles. The van der Waals surface area contributed by atoms with Crippen molar-refractivity contribution in [3.05, 3.63) is 21.8 Å². The van der Waals surface area contributed by atoms with Crippen molar-refractivity contribution in [1.82, 2.24) is 5.32 Å². The first kappa shape index (κ1) is 27.4. The number of rotatable bonds is 7. The minimum Gasteiger partial charge on any atom is -1.00 e. The molecule has 9 nitrogen and oxygen atoms in total. The highest BCUT2D eigenvalue weighted by molar-refractivity contribution is 14.1. The summed E-state index contributed by atoms with van der Waals surface area (Å²) in [4.78, 5) is 46.2. The minimum atomic E-state index is -1.20. The van der Waals surface area contributed by atoms with Gasteiger partial charge in [0.2, 0.25) is 0 Å². The van der Waals surface area contributed by atoms with Gasteiger partial charge in [-0.3, -0.25) is 14.4 Å². The van der Waals surface area contributed by atoms with Crippen LogP contribution in [0.3, 0.4) is 0 Å². The number of anilines is 1. The number of carboxylic acid groups (broad SMARTS) is 1. The molecule has 4 N–H and O–H groups in total. The number of aromatic carboxylic acids is 1. The van der Waals surface area contributed by atoms with Crippen molar-refractivity contribution in [2.24, 2.45) is 0 Å². The average Bonchev–Trinajstić information content (AvgIpc) is 2.54. The molecule has 0 spiro atoms. The molecule has 0 aliphatic carbocycles. The first-order valence-electron chi connectivity index (χ1n) is 7.25. The fraction of sp³-hybridized carbons (Fsp3) is 0.333. The smallest absolute Gasteiger partial charge is 0.337 e. The molecule has 1 atom stereocenters. The van der Waals surface area contributed by atoms with Gasteiger partial charge in [-0.2, -0.15) is 0 Å². The quantitative estimate of drug-likeness (QED) is 0.183. The number of hydrogen-bond acceptors (Lipinski definition) is 7. The molecule has 1 aromatic carbocycles. The second kappa shape index (κ2) is 12.2. The number of nitrogen functional groups attached to an aromatic ring is 1. The molecule has 0 saturated heterocycles. The Morgan fingerprint density at radius 3 is 2.04 bits per heavy atom. The van der Waals surface area contributed by atoms with E-state index < -0.39 is 29.9 Å². The van der Waals surface area contributed by atoms with Crippen LogP contribution in [0.4, 0.5) is 5.69 Å². The number of carbonyl (C=O) groups excluding carboxylic acids is 3. The molecular weight excluding hydrogens is 736 g/mol. The molecule has 0 aliphatic rings. The Labute approximate surface area is 207 Å². The molecule has 1 rings (SSSR count). The van der Waals surface area contributed by atoms with Crippen LogP contribution >= 0.6 is 67.8 Å². The van der Waals surface area contributed by atoms with E-state index >= 15 is 0 Å². The maximum Gasteiger partial charge on any atom is 0.337 e. The van der Waals surface area contributed by atoms with Crippen LogP contribution in [0.25, 0.3) is 0 Å². The van der Waals surface area contributed by atoms with E-state index in [9.17, 15) is 24.3 Å². The maximum absolute atomic E-state index is 12.6. The Morgan fingerprint density at radius 2 is 1.57 bits per heavy atom. The Morgan fingerprint density at radius 1 is 1.04 bits per heavy atom. The van der Waals surface area contributed by atoms with Crippen molar-refractivity contribution in [1.29, 1.82) is 0 Å². The van der Waals surface area contributed by atoms with Gasteiger partial charge in [0.1, 0.15) is 6.61 Å². The van der Waals surface area contributed by atoms with E-state index in [0.717, 1.165) is 0 Å². The van der Waals surface area contributed by atoms with Gasteiger partial charge in [0, 0.05) is 17.4 Å². The van der Waals surface area contributed by atoms with Crippen LogP contribution < -0.4 is 23.5 Å². The lowest BCUT2D eigenvalue weighted by Gasteiger charge is -2.19. The summed E-state index contributed by atoms with van der Waals surface area (Å²) in [5, 5.41) is 12.0. The molecular formula is C15H15ClI3N2O7-. The van der Waals surface area contributed by atoms with Gasteiger partial charge >= 0.3 is 17.9 Å². The molecule has 0 heterocycles. The topological polar surface area (TPSA) is 145 Å². The lowest BCUT2D eigenvalue weighted by molar-refractivity contribution is -0.155. The summed E-state index contributed by atoms with van der Waals surface area (Å²) < 4.78 is 10.8. The van der Waals surface area contributed by atoms with E-state index in [1.807, 2.05) is 45.2 Å². The second-order valence-corrected chi connectivity index (χ2v) is 8.39. The number of amides is 1. The summed E-state index contributed by atoms with van der Waals surface area (Å²) in [6.07, 6.45) is -0.884. The third-order valence-electron chi connectivity index (χ3n) is 3.09. The molecule has 13 heteroatoms. The van der Waals surface area contributed by atoms with Crippen molar-refractivity contribution in [2.45, 2.75) is 20.0 Å². The monoisotopic (exact) mass is 751 g/mol. The zero-order valence-electron chi connectivity index (χ0n) is 14.5. The van der Waals surface area contributed by atoms with Crippen molar-refractivity contribution in [2.75, 3.05) is 18.9 Å². The normalized spacial score (nSPS) is 11.0. The molecule has 1 aromatic rings. The van der Waals surface area contributed by atoms with E-state index in [1.54, 1.807) is 22.6 Å². The van der Waals surface area contributed by atoms with Crippen LogP contribution in [0, 0.1) is 10.7 Å². The van der Waals surface area contributed by atoms with Crippen molar-refractivity contribution in [3.8, 4) is 0 Å². The third kappa shape index (κ3) is 7.33. The minimum absolute atomic E-state index is 0. The van der Waals surface area contributed by atoms with Crippen molar-refractivity contribution >= 4 is 97.3 Å². The first-order chi connectivity index (χ1) is 12.5. The van der Waals surface area contributed by atoms with E-state index in [-0.39, 0.29) is 45.9 Å². The van der Waals surface area contributed by atoms with Gasteiger partial charge in [-0.25, -0.2) is 4.79 Å². The lowest BCUT2D eigenvalue weighted by atomic mass is 10.1. The highest BCUT2D eigenvalue weighted by Crippen LogP contribution is 2.33.